The zero-order chi connectivity index (χ0) is 22.0. The van der Waals surface area contributed by atoms with E-state index in [-0.39, 0.29) is 11.4 Å². The van der Waals surface area contributed by atoms with Gasteiger partial charge in [0.25, 0.3) is 0 Å². The van der Waals surface area contributed by atoms with E-state index in [0.717, 1.165) is 25.7 Å². The lowest BCUT2D eigenvalue weighted by atomic mass is 10.1. The summed E-state index contributed by atoms with van der Waals surface area (Å²) in [7, 11) is 0. The van der Waals surface area contributed by atoms with Crippen LogP contribution in [0.3, 0.4) is 0 Å². The zero-order valence-corrected chi connectivity index (χ0v) is 19.3. The highest BCUT2D eigenvalue weighted by Gasteiger charge is 2.15. The van der Waals surface area contributed by atoms with E-state index in [1.54, 1.807) is 18.2 Å². The van der Waals surface area contributed by atoms with Crippen molar-refractivity contribution in [3.8, 4) is 0 Å². The molecule has 0 aliphatic rings. The molecule has 5 heteroatoms. The fourth-order valence-electron chi connectivity index (χ4n) is 3.28. The smallest absolute Gasteiger partial charge is 0.356 e. The van der Waals surface area contributed by atoms with Gasteiger partial charge in [-0.25, -0.2) is 14.6 Å². The van der Waals surface area contributed by atoms with Crippen molar-refractivity contribution < 1.29 is 19.1 Å². The predicted octanol–water partition coefficient (Wildman–Crippen LogP) is 6.75. The molecule has 1 aromatic rings. The third-order valence-corrected chi connectivity index (χ3v) is 5.50. The van der Waals surface area contributed by atoms with Crippen LogP contribution in [0, 0.1) is 5.92 Å². The number of aromatic nitrogens is 1. The zero-order valence-electron chi connectivity index (χ0n) is 19.3. The molecule has 30 heavy (non-hydrogen) atoms. The number of esters is 2. The minimum atomic E-state index is -0.494. The number of rotatable bonds is 17. The molecule has 5 nitrogen and oxygen atoms in total. The molecule has 0 radical (unpaired) electrons. The first-order valence-corrected chi connectivity index (χ1v) is 11.9. The Morgan fingerprint density at radius 1 is 0.767 bits per heavy atom. The van der Waals surface area contributed by atoms with E-state index in [9.17, 15) is 9.59 Å². The first kappa shape index (κ1) is 26.1. The summed E-state index contributed by atoms with van der Waals surface area (Å²) in [6.45, 7) is 7.15. The molecule has 0 saturated heterocycles. The number of ether oxygens (including phenoxy) is 2. The topological polar surface area (TPSA) is 65.5 Å². The van der Waals surface area contributed by atoms with E-state index in [1.807, 2.05) is 0 Å². The largest absolute Gasteiger partial charge is 0.461 e. The maximum absolute atomic E-state index is 12.2. The SMILES string of the molecule is CCCCCCCCCCCCOC(=O)c1cccc(C(=O)OCC(CC)CC)n1. The van der Waals surface area contributed by atoms with Crippen molar-refractivity contribution in [3.63, 3.8) is 0 Å². The van der Waals surface area contributed by atoms with Crippen LogP contribution in [0.1, 0.15) is 119 Å². The van der Waals surface area contributed by atoms with Crippen LogP contribution >= 0.6 is 0 Å². The van der Waals surface area contributed by atoms with Gasteiger partial charge in [-0.3, -0.25) is 0 Å². The van der Waals surface area contributed by atoms with E-state index in [2.05, 4.69) is 25.8 Å². The quantitative estimate of drug-likeness (QED) is 0.206. The number of unbranched alkanes of at least 4 members (excludes halogenated alkanes) is 9. The van der Waals surface area contributed by atoms with Gasteiger partial charge in [0.2, 0.25) is 0 Å². The second-order valence-corrected chi connectivity index (χ2v) is 8.01. The van der Waals surface area contributed by atoms with Gasteiger partial charge in [-0.05, 0) is 24.5 Å². The summed E-state index contributed by atoms with van der Waals surface area (Å²) < 4.78 is 10.6. The minimum Gasteiger partial charge on any atom is -0.461 e. The molecule has 0 atom stereocenters. The molecule has 0 amide bonds. The number of nitrogens with zero attached hydrogens (tertiary/aromatic N) is 1. The average Bonchev–Trinajstić information content (AvgIpc) is 2.78. The Morgan fingerprint density at radius 3 is 1.80 bits per heavy atom. The molecule has 0 aliphatic carbocycles. The van der Waals surface area contributed by atoms with Crippen molar-refractivity contribution in [1.82, 2.24) is 4.98 Å². The molecule has 1 aromatic heterocycles. The van der Waals surface area contributed by atoms with Crippen LogP contribution in [0.4, 0.5) is 0 Å². The Labute approximate surface area is 183 Å². The summed E-state index contributed by atoms with van der Waals surface area (Å²) in [4.78, 5) is 28.5. The molecule has 1 rings (SSSR count). The Bertz CT molecular complexity index is 599. The number of carbonyl (C=O) groups excluding carboxylic acids is 2. The molecule has 170 valence electrons. The maximum atomic E-state index is 12.2. The first-order valence-electron chi connectivity index (χ1n) is 11.9. The lowest BCUT2D eigenvalue weighted by Crippen LogP contribution is -2.16. The Kier molecular flexibility index (Phi) is 14.7. The van der Waals surface area contributed by atoms with Gasteiger partial charge in [0, 0.05) is 0 Å². The van der Waals surface area contributed by atoms with Crippen LogP contribution in [0.5, 0.6) is 0 Å². The van der Waals surface area contributed by atoms with Crippen molar-refractivity contribution in [3.05, 3.63) is 29.6 Å². The van der Waals surface area contributed by atoms with Crippen LogP contribution < -0.4 is 0 Å². The van der Waals surface area contributed by atoms with Gasteiger partial charge >= 0.3 is 11.9 Å². The molecule has 1 heterocycles. The van der Waals surface area contributed by atoms with Gasteiger partial charge in [0.15, 0.2) is 0 Å². The Morgan fingerprint density at radius 2 is 1.27 bits per heavy atom. The van der Waals surface area contributed by atoms with Crippen molar-refractivity contribution in [2.75, 3.05) is 13.2 Å². The molecule has 0 aromatic carbocycles. The number of hydrogen-bond donors (Lipinski definition) is 0. The standard InChI is InChI=1S/C25H41NO4/c1-4-7-8-9-10-11-12-13-14-15-19-29-24(27)22-17-16-18-23(26-22)25(28)30-20-21(5-2)6-3/h16-18,21H,4-15,19-20H2,1-3H3. The lowest BCUT2D eigenvalue weighted by Gasteiger charge is -2.12. The second kappa shape index (κ2) is 16.8. The van der Waals surface area contributed by atoms with Gasteiger partial charge in [-0.2, -0.15) is 0 Å². The van der Waals surface area contributed by atoms with Crippen molar-refractivity contribution in [2.24, 2.45) is 5.92 Å². The van der Waals surface area contributed by atoms with E-state index in [0.29, 0.717) is 19.1 Å². The van der Waals surface area contributed by atoms with Crippen LogP contribution in [0.2, 0.25) is 0 Å². The van der Waals surface area contributed by atoms with E-state index < -0.39 is 11.9 Å². The van der Waals surface area contributed by atoms with Crippen LogP contribution in [0.25, 0.3) is 0 Å². The normalized spacial score (nSPS) is 10.9. The Balaban J connectivity index is 2.23. The molecule has 0 fully saturated rings. The van der Waals surface area contributed by atoms with E-state index in [1.165, 1.54) is 51.4 Å². The van der Waals surface area contributed by atoms with Crippen molar-refractivity contribution in [1.29, 1.82) is 0 Å². The maximum Gasteiger partial charge on any atom is 0.356 e. The summed E-state index contributed by atoms with van der Waals surface area (Å²) in [5.74, 6) is -0.630. The van der Waals surface area contributed by atoms with Gasteiger partial charge in [-0.15, -0.1) is 0 Å². The number of pyridine rings is 1. The van der Waals surface area contributed by atoms with E-state index in [4.69, 9.17) is 9.47 Å². The molecule has 0 spiro atoms. The fraction of sp³-hybridized carbons (Fsp3) is 0.720. The van der Waals surface area contributed by atoms with Gasteiger partial charge in [-0.1, -0.05) is 97.5 Å². The summed E-state index contributed by atoms with van der Waals surface area (Å²) in [6.07, 6.45) is 14.3. The monoisotopic (exact) mass is 419 g/mol. The van der Waals surface area contributed by atoms with Gasteiger partial charge < -0.3 is 9.47 Å². The van der Waals surface area contributed by atoms with Crippen LogP contribution in [-0.4, -0.2) is 30.1 Å². The second-order valence-electron chi connectivity index (χ2n) is 8.01. The fourth-order valence-corrected chi connectivity index (χ4v) is 3.28. The van der Waals surface area contributed by atoms with Crippen LogP contribution in [0.15, 0.2) is 18.2 Å². The van der Waals surface area contributed by atoms with Crippen molar-refractivity contribution in [2.45, 2.75) is 97.8 Å². The highest BCUT2D eigenvalue weighted by Crippen LogP contribution is 2.12. The first-order chi connectivity index (χ1) is 14.6. The molecular formula is C25H41NO4. The van der Waals surface area contributed by atoms with Crippen LogP contribution in [-0.2, 0) is 9.47 Å². The summed E-state index contributed by atoms with van der Waals surface area (Å²) in [5.41, 5.74) is 0.299. The molecule has 0 saturated carbocycles. The third kappa shape index (κ3) is 11.3. The number of carbonyl (C=O) groups is 2. The molecule has 0 N–H and O–H groups in total. The molecule has 0 bridgehead atoms. The molecular weight excluding hydrogens is 378 g/mol. The molecule has 0 unspecified atom stereocenters. The third-order valence-electron chi connectivity index (χ3n) is 5.50. The predicted molar refractivity (Wildman–Crippen MR) is 121 cm³/mol. The summed E-state index contributed by atoms with van der Waals surface area (Å²) in [6, 6.07) is 4.77. The lowest BCUT2D eigenvalue weighted by molar-refractivity contribution is 0.0425. The Hall–Kier alpha value is -1.91. The number of hydrogen-bond acceptors (Lipinski definition) is 5. The highest BCUT2D eigenvalue weighted by molar-refractivity contribution is 5.91. The minimum absolute atomic E-state index is 0.148. The summed E-state index contributed by atoms with van der Waals surface area (Å²) >= 11 is 0. The van der Waals surface area contributed by atoms with E-state index >= 15 is 0 Å². The molecule has 0 aliphatic heterocycles. The summed E-state index contributed by atoms with van der Waals surface area (Å²) in [5, 5.41) is 0. The highest BCUT2D eigenvalue weighted by atomic mass is 16.5. The van der Waals surface area contributed by atoms with Gasteiger partial charge in [0.05, 0.1) is 13.2 Å². The van der Waals surface area contributed by atoms with Crippen molar-refractivity contribution >= 4 is 11.9 Å². The van der Waals surface area contributed by atoms with Gasteiger partial charge in [0.1, 0.15) is 11.4 Å². The average molecular weight is 420 g/mol.